The fourth-order valence-electron chi connectivity index (χ4n) is 4.42. The third kappa shape index (κ3) is 9.96. The van der Waals surface area contributed by atoms with Gasteiger partial charge in [-0.25, -0.2) is 0 Å². The molecule has 0 fully saturated rings. The smallest absolute Gasteiger partial charge is 0.311 e. The van der Waals surface area contributed by atoms with E-state index in [9.17, 15) is 4.79 Å². The molecule has 0 saturated heterocycles. The van der Waals surface area contributed by atoms with E-state index in [0.717, 1.165) is 18.8 Å². The monoisotopic (exact) mass is 412 g/mol. The quantitative estimate of drug-likeness (QED) is 0.163. The van der Waals surface area contributed by atoms with Crippen molar-refractivity contribution in [3.8, 4) is 5.75 Å². The Morgan fingerprint density at radius 3 is 2.13 bits per heavy atom. The number of esters is 1. The van der Waals surface area contributed by atoms with Gasteiger partial charge in [0.05, 0.1) is 0 Å². The number of unbranched alkanes of at least 4 members (excludes halogenated alkanes) is 9. The maximum atomic E-state index is 12.0. The summed E-state index contributed by atoms with van der Waals surface area (Å²) in [6.07, 6.45) is 22.2. The van der Waals surface area contributed by atoms with Crippen molar-refractivity contribution in [1.82, 2.24) is 0 Å². The summed E-state index contributed by atoms with van der Waals surface area (Å²) in [5, 5.41) is 0. The molecule has 0 aromatic heterocycles. The van der Waals surface area contributed by atoms with Gasteiger partial charge >= 0.3 is 5.97 Å². The van der Waals surface area contributed by atoms with Gasteiger partial charge in [0.1, 0.15) is 5.75 Å². The molecule has 0 N–H and O–H groups in total. The number of allylic oxidation sites excluding steroid dienone is 2. The lowest BCUT2D eigenvalue weighted by molar-refractivity contribution is -0.134. The minimum Gasteiger partial charge on any atom is -0.427 e. The average Bonchev–Trinajstić information content (AvgIpc) is 2.77. The molecule has 1 aliphatic rings. The minimum absolute atomic E-state index is 0.103. The van der Waals surface area contributed by atoms with Gasteiger partial charge in [0, 0.05) is 6.42 Å². The maximum Gasteiger partial charge on any atom is 0.311 e. The molecule has 1 aromatic carbocycles. The third-order valence-corrected chi connectivity index (χ3v) is 6.43. The SMILES string of the molecule is CCCCCCCCC1CC=C(c2ccc(OC(=O)CCCCCCC)cc2)CC1. The topological polar surface area (TPSA) is 26.3 Å². The van der Waals surface area contributed by atoms with Crippen LogP contribution in [0.2, 0.25) is 0 Å². The summed E-state index contributed by atoms with van der Waals surface area (Å²) in [5.41, 5.74) is 2.75. The summed E-state index contributed by atoms with van der Waals surface area (Å²) in [6, 6.07) is 8.13. The van der Waals surface area contributed by atoms with Gasteiger partial charge in [-0.2, -0.15) is 0 Å². The van der Waals surface area contributed by atoms with Gasteiger partial charge in [0.25, 0.3) is 0 Å². The molecule has 0 amide bonds. The molecule has 0 saturated carbocycles. The number of rotatable bonds is 15. The summed E-state index contributed by atoms with van der Waals surface area (Å²) in [4.78, 5) is 12.0. The summed E-state index contributed by atoms with van der Waals surface area (Å²) in [5.74, 6) is 1.45. The van der Waals surface area contributed by atoms with Crippen molar-refractivity contribution in [1.29, 1.82) is 0 Å². The van der Waals surface area contributed by atoms with E-state index in [1.165, 1.54) is 94.6 Å². The van der Waals surface area contributed by atoms with Crippen molar-refractivity contribution >= 4 is 11.5 Å². The first-order chi connectivity index (χ1) is 14.7. The summed E-state index contributed by atoms with van der Waals surface area (Å²) >= 11 is 0. The molecular weight excluding hydrogens is 368 g/mol. The van der Waals surface area contributed by atoms with E-state index in [0.29, 0.717) is 12.2 Å². The highest BCUT2D eigenvalue weighted by Crippen LogP contribution is 2.33. The molecule has 0 bridgehead atoms. The van der Waals surface area contributed by atoms with Crippen LogP contribution in [0, 0.1) is 5.92 Å². The fourth-order valence-corrected chi connectivity index (χ4v) is 4.42. The predicted molar refractivity (Wildman–Crippen MR) is 129 cm³/mol. The van der Waals surface area contributed by atoms with Crippen LogP contribution in [0.1, 0.15) is 122 Å². The van der Waals surface area contributed by atoms with Crippen molar-refractivity contribution < 1.29 is 9.53 Å². The largest absolute Gasteiger partial charge is 0.427 e. The van der Waals surface area contributed by atoms with Crippen LogP contribution in [0.4, 0.5) is 0 Å². The predicted octanol–water partition coefficient (Wildman–Crippen LogP) is 8.89. The van der Waals surface area contributed by atoms with Crippen LogP contribution in [0.25, 0.3) is 5.57 Å². The van der Waals surface area contributed by atoms with E-state index >= 15 is 0 Å². The Labute approximate surface area is 185 Å². The van der Waals surface area contributed by atoms with Crippen LogP contribution < -0.4 is 4.74 Å². The van der Waals surface area contributed by atoms with Crippen molar-refractivity contribution in [3.63, 3.8) is 0 Å². The van der Waals surface area contributed by atoms with Crippen molar-refractivity contribution in [2.75, 3.05) is 0 Å². The first-order valence-corrected chi connectivity index (χ1v) is 12.7. The van der Waals surface area contributed by atoms with E-state index in [2.05, 4.69) is 32.1 Å². The molecule has 0 heterocycles. The molecule has 2 nitrogen and oxygen atoms in total. The molecule has 30 heavy (non-hydrogen) atoms. The molecule has 1 aromatic rings. The summed E-state index contributed by atoms with van der Waals surface area (Å²) in [7, 11) is 0. The number of carbonyl (C=O) groups is 1. The van der Waals surface area contributed by atoms with E-state index in [-0.39, 0.29) is 5.97 Å². The van der Waals surface area contributed by atoms with Gasteiger partial charge in [-0.3, -0.25) is 4.79 Å². The minimum atomic E-state index is -0.103. The van der Waals surface area contributed by atoms with Gasteiger partial charge < -0.3 is 4.74 Å². The number of hydrogen-bond acceptors (Lipinski definition) is 2. The highest BCUT2D eigenvalue weighted by molar-refractivity contribution is 5.73. The summed E-state index contributed by atoms with van der Waals surface area (Å²) in [6.45, 7) is 4.48. The van der Waals surface area contributed by atoms with E-state index in [1.54, 1.807) is 0 Å². The lowest BCUT2D eigenvalue weighted by atomic mass is 9.84. The van der Waals surface area contributed by atoms with Crippen LogP contribution in [0.5, 0.6) is 5.75 Å². The molecule has 1 aliphatic carbocycles. The Morgan fingerprint density at radius 2 is 1.50 bits per heavy atom. The van der Waals surface area contributed by atoms with Crippen molar-refractivity contribution in [2.45, 2.75) is 117 Å². The standard InChI is InChI=1S/C28H44O2/c1-3-5-7-9-11-12-14-24-16-18-25(19-17-24)26-20-22-27(23-21-26)30-28(29)15-13-10-8-6-4-2/h18,20-24H,3-17,19H2,1-2H3. The van der Waals surface area contributed by atoms with Crippen LogP contribution in [-0.4, -0.2) is 5.97 Å². The Morgan fingerprint density at radius 1 is 0.867 bits per heavy atom. The van der Waals surface area contributed by atoms with E-state index in [4.69, 9.17) is 4.74 Å². The number of ether oxygens (including phenoxy) is 1. The molecule has 2 rings (SSSR count). The normalized spacial score (nSPS) is 16.3. The fraction of sp³-hybridized carbons (Fsp3) is 0.679. The van der Waals surface area contributed by atoms with Gasteiger partial charge in [-0.1, -0.05) is 103 Å². The molecule has 1 unspecified atom stereocenters. The zero-order chi connectivity index (χ0) is 21.4. The Balaban J connectivity index is 1.67. The average molecular weight is 413 g/mol. The lowest BCUT2D eigenvalue weighted by Gasteiger charge is -2.22. The number of benzene rings is 1. The van der Waals surface area contributed by atoms with E-state index < -0.39 is 0 Å². The summed E-state index contributed by atoms with van der Waals surface area (Å²) < 4.78 is 5.50. The van der Waals surface area contributed by atoms with Gasteiger partial charge in [-0.05, 0) is 54.9 Å². The first-order valence-electron chi connectivity index (χ1n) is 12.7. The Hall–Kier alpha value is -1.57. The second-order valence-corrected chi connectivity index (χ2v) is 9.09. The molecule has 168 valence electrons. The van der Waals surface area contributed by atoms with Gasteiger partial charge in [0.2, 0.25) is 0 Å². The highest BCUT2D eigenvalue weighted by atomic mass is 16.5. The second kappa shape index (κ2) is 15.3. The Bertz CT molecular complexity index is 614. The van der Waals surface area contributed by atoms with Crippen LogP contribution in [-0.2, 0) is 4.79 Å². The zero-order valence-corrected chi connectivity index (χ0v) is 19.6. The molecule has 1 atom stereocenters. The van der Waals surface area contributed by atoms with Crippen molar-refractivity contribution in [3.05, 3.63) is 35.9 Å². The molecule has 0 spiro atoms. The number of hydrogen-bond donors (Lipinski definition) is 0. The second-order valence-electron chi connectivity index (χ2n) is 9.09. The van der Waals surface area contributed by atoms with E-state index in [1.807, 2.05) is 12.1 Å². The molecule has 0 aliphatic heterocycles. The van der Waals surface area contributed by atoms with Gasteiger partial charge in [-0.15, -0.1) is 0 Å². The van der Waals surface area contributed by atoms with Gasteiger partial charge in [0.15, 0.2) is 0 Å². The van der Waals surface area contributed by atoms with Crippen LogP contribution >= 0.6 is 0 Å². The van der Waals surface area contributed by atoms with Crippen molar-refractivity contribution in [2.24, 2.45) is 5.92 Å². The molecule has 0 radical (unpaired) electrons. The Kier molecular flexibility index (Phi) is 12.6. The number of carbonyl (C=O) groups excluding carboxylic acids is 1. The zero-order valence-electron chi connectivity index (χ0n) is 19.6. The molecular formula is C28H44O2. The highest BCUT2D eigenvalue weighted by Gasteiger charge is 2.15. The molecule has 2 heteroatoms. The third-order valence-electron chi connectivity index (χ3n) is 6.43. The van der Waals surface area contributed by atoms with Crippen LogP contribution in [0.3, 0.4) is 0 Å². The first kappa shape index (κ1) is 24.7. The maximum absolute atomic E-state index is 12.0. The lowest BCUT2D eigenvalue weighted by Crippen LogP contribution is -2.08. The van der Waals surface area contributed by atoms with Crippen LogP contribution in [0.15, 0.2) is 30.3 Å².